The second-order valence-electron chi connectivity index (χ2n) is 3.98. The SMILES string of the molecule is CC1(C)CC1C(CN)CO. The van der Waals surface area contributed by atoms with Crippen molar-refractivity contribution in [3.63, 3.8) is 0 Å². The number of hydrogen-bond acceptors (Lipinski definition) is 2. The van der Waals surface area contributed by atoms with Crippen molar-refractivity contribution in [3.05, 3.63) is 0 Å². The Balaban J connectivity index is 2.36. The molecular weight excluding hydrogens is 126 g/mol. The lowest BCUT2D eigenvalue weighted by Crippen LogP contribution is -2.21. The average Bonchev–Trinajstić information content (AvgIpc) is 2.44. The Hall–Kier alpha value is -0.0800. The van der Waals surface area contributed by atoms with Crippen molar-refractivity contribution >= 4 is 0 Å². The molecule has 2 unspecified atom stereocenters. The number of nitrogens with two attached hydrogens (primary N) is 1. The van der Waals surface area contributed by atoms with Crippen LogP contribution in [0.15, 0.2) is 0 Å². The summed E-state index contributed by atoms with van der Waals surface area (Å²) in [6, 6.07) is 0. The third-order valence-corrected chi connectivity index (χ3v) is 2.70. The minimum atomic E-state index is 0.255. The minimum absolute atomic E-state index is 0.255. The van der Waals surface area contributed by atoms with Gasteiger partial charge in [-0.2, -0.15) is 0 Å². The number of aliphatic hydroxyl groups is 1. The zero-order valence-electron chi connectivity index (χ0n) is 6.80. The Morgan fingerprint density at radius 1 is 1.70 bits per heavy atom. The molecule has 1 rings (SSSR count). The molecule has 60 valence electrons. The third kappa shape index (κ3) is 1.32. The van der Waals surface area contributed by atoms with Crippen LogP contribution < -0.4 is 5.73 Å². The molecule has 0 aromatic carbocycles. The van der Waals surface area contributed by atoms with E-state index >= 15 is 0 Å². The van der Waals surface area contributed by atoms with Crippen molar-refractivity contribution in [2.75, 3.05) is 13.2 Å². The van der Waals surface area contributed by atoms with E-state index in [-0.39, 0.29) is 6.61 Å². The lowest BCUT2D eigenvalue weighted by atomic mass is 9.98. The average molecular weight is 143 g/mol. The molecule has 0 aromatic rings. The van der Waals surface area contributed by atoms with Crippen molar-refractivity contribution in [3.8, 4) is 0 Å². The number of rotatable bonds is 3. The summed E-state index contributed by atoms with van der Waals surface area (Å²) in [5, 5.41) is 8.89. The van der Waals surface area contributed by atoms with Gasteiger partial charge < -0.3 is 10.8 Å². The van der Waals surface area contributed by atoms with Crippen LogP contribution >= 0.6 is 0 Å². The molecule has 0 saturated heterocycles. The van der Waals surface area contributed by atoms with Crippen LogP contribution in [-0.2, 0) is 0 Å². The van der Waals surface area contributed by atoms with E-state index in [2.05, 4.69) is 13.8 Å². The highest BCUT2D eigenvalue weighted by molar-refractivity contribution is 4.98. The van der Waals surface area contributed by atoms with Gasteiger partial charge in [0.2, 0.25) is 0 Å². The Kier molecular flexibility index (Phi) is 2.02. The molecule has 0 bridgehead atoms. The first-order valence-corrected chi connectivity index (χ1v) is 3.92. The highest BCUT2D eigenvalue weighted by Gasteiger charge is 2.49. The third-order valence-electron chi connectivity index (χ3n) is 2.70. The standard InChI is InChI=1S/C8H17NO/c1-8(2)3-7(8)6(4-9)5-10/h6-7,10H,3-5,9H2,1-2H3. The molecule has 1 saturated carbocycles. The quantitative estimate of drug-likeness (QED) is 0.607. The second-order valence-corrected chi connectivity index (χ2v) is 3.98. The van der Waals surface area contributed by atoms with Gasteiger partial charge in [-0.25, -0.2) is 0 Å². The zero-order valence-corrected chi connectivity index (χ0v) is 6.80. The van der Waals surface area contributed by atoms with Crippen LogP contribution in [0.5, 0.6) is 0 Å². The molecule has 1 fully saturated rings. The predicted molar refractivity (Wildman–Crippen MR) is 41.5 cm³/mol. The van der Waals surface area contributed by atoms with Crippen molar-refractivity contribution in [1.82, 2.24) is 0 Å². The molecule has 2 atom stereocenters. The molecular formula is C8H17NO. The van der Waals surface area contributed by atoms with Crippen LogP contribution in [0, 0.1) is 17.3 Å². The van der Waals surface area contributed by atoms with Crippen LogP contribution in [0.25, 0.3) is 0 Å². The normalized spacial score (nSPS) is 31.8. The van der Waals surface area contributed by atoms with Gasteiger partial charge in [0, 0.05) is 6.61 Å². The summed E-state index contributed by atoms with van der Waals surface area (Å²) in [6.07, 6.45) is 1.23. The van der Waals surface area contributed by atoms with Crippen LogP contribution in [0.1, 0.15) is 20.3 Å². The van der Waals surface area contributed by atoms with Crippen LogP contribution in [0.3, 0.4) is 0 Å². The molecule has 0 aliphatic heterocycles. The lowest BCUT2D eigenvalue weighted by Gasteiger charge is -2.12. The molecule has 0 heterocycles. The summed E-state index contributed by atoms with van der Waals surface area (Å²) < 4.78 is 0. The fraction of sp³-hybridized carbons (Fsp3) is 1.00. The molecule has 0 spiro atoms. The Morgan fingerprint density at radius 2 is 2.20 bits per heavy atom. The fourth-order valence-electron chi connectivity index (χ4n) is 1.68. The monoisotopic (exact) mass is 143 g/mol. The van der Waals surface area contributed by atoms with Crippen molar-refractivity contribution in [1.29, 1.82) is 0 Å². The Bertz CT molecular complexity index is 118. The second kappa shape index (κ2) is 2.51. The first kappa shape index (κ1) is 8.02. The molecule has 10 heavy (non-hydrogen) atoms. The minimum Gasteiger partial charge on any atom is -0.396 e. The smallest absolute Gasteiger partial charge is 0.0474 e. The van der Waals surface area contributed by atoms with Gasteiger partial charge in [-0.05, 0) is 30.2 Å². The van der Waals surface area contributed by atoms with Crippen molar-refractivity contribution in [2.24, 2.45) is 23.0 Å². The summed E-state index contributed by atoms with van der Waals surface area (Å²) >= 11 is 0. The summed E-state index contributed by atoms with van der Waals surface area (Å²) in [7, 11) is 0. The Labute approximate surface area is 62.4 Å². The van der Waals surface area contributed by atoms with Crippen LogP contribution in [0.2, 0.25) is 0 Å². The molecule has 3 N–H and O–H groups in total. The molecule has 0 amide bonds. The summed E-state index contributed by atoms with van der Waals surface area (Å²) in [6.45, 7) is 5.35. The van der Waals surface area contributed by atoms with E-state index < -0.39 is 0 Å². The number of aliphatic hydroxyl groups excluding tert-OH is 1. The molecule has 2 heteroatoms. The molecule has 1 aliphatic rings. The zero-order chi connectivity index (χ0) is 7.78. The lowest BCUT2D eigenvalue weighted by molar-refractivity contribution is 0.202. The summed E-state index contributed by atoms with van der Waals surface area (Å²) in [5.74, 6) is 1.01. The summed E-state index contributed by atoms with van der Waals surface area (Å²) in [4.78, 5) is 0. The van der Waals surface area contributed by atoms with Crippen molar-refractivity contribution < 1.29 is 5.11 Å². The van der Waals surface area contributed by atoms with Gasteiger partial charge in [0.05, 0.1) is 0 Å². The maximum atomic E-state index is 8.89. The van der Waals surface area contributed by atoms with Crippen molar-refractivity contribution in [2.45, 2.75) is 20.3 Å². The van der Waals surface area contributed by atoms with Crippen LogP contribution in [0.4, 0.5) is 0 Å². The molecule has 0 radical (unpaired) electrons. The molecule has 0 aromatic heterocycles. The van der Waals surface area contributed by atoms with E-state index in [4.69, 9.17) is 10.8 Å². The van der Waals surface area contributed by atoms with E-state index in [0.717, 1.165) is 0 Å². The van der Waals surface area contributed by atoms with Gasteiger partial charge in [-0.3, -0.25) is 0 Å². The van der Waals surface area contributed by atoms with Gasteiger partial charge in [0.25, 0.3) is 0 Å². The predicted octanol–water partition coefficient (Wildman–Crippen LogP) is 0.600. The van der Waals surface area contributed by atoms with E-state index in [9.17, 15) is 0 Å². The maximum absolute atomic E-state index is 8.89. The van der Waals surface area contributed by atoms with Gasteiger partial charge in [0.1, 0.15) is 0 Å². The number of hydrogen-bond donors (Lipinski definition) is 2. The first-order valence-electron chi connectivity index (χ1n) is 3.92. The van der Waals surface area contributed by atoms with Gasteiger partial charge >= 0.3 is 0 Å². The summed E-state index contributed by atoms with van der Waals surface area (Å²) in [5.41, 5.74) is 5.94. The fourth-order valence-corrected chi connectivity index (χ4v) is 1.68. The first-order chi connectivity index (χ1) is 4.61. The Morgan fingerprint density at radius 3 is 2.30 bits per heavy atom. The highest BCUT2D eigenvalue weighted by atomic mass is 16.3. The van der Waals surface area contributed by atoms with E-state index in [1.54, 1.807) is 0 Å². The topological polar surface area (TPSA) is 46.2 Å². The van der Waals surface area contributed by atoms with Gasteiger partial charge in [-0.1, -0.05) is 13.8 Å². The largest absolute Gasteiger partial charge is 0.396 e. The molecule has 2 nitrogen and oxygen atoms in total. The maximum Gasteiger partial charge on any atom is 0.0474 e. The highest BCUT2D eigenvalue weighted by Crippen LogP contribution is 2.55. The molecule has 1 aliphatic carbocycles. The van der Waals surface area contributed by atoms with E-state index in [1.807, 2.05) is 0 Å². The van der Waals surface area contributed by atoms with E-state index in [0.29, 0.717) is 23.8 Å². The van der Waals surface area contributed by atoms with Crippen LogP contribution in [-0.4, -0.2) is 18.3 Å². The van der Waals surface area contributed by atoms with E-state index in [1.165, 1.54) is 6.42 Å². The van der Waals surface area contributed by atoms with Gasteiger partial charge in [0.15, 0.2) is 0 Å². The van der Waals surface area contributed by atoms with Gasteiger partial charge in [-0.15, -0.1) is 0 Å².